The van der Waals surface area contributed by atoms with E-state index in [4.69, 9.17) is 10.7 Å². The lowest BCUT2D eigenvalue weighted by molar-refractivity contribution is 0.251. The van der Waals surface area contributed by atoms with Crippen molar-refractivity contribution in [3.8, 4) is 17.3 Å². The van der Waals surface area contributed by atoms with Crippen LogP contribution in [0, 0.1) is 11.3 Å². The lowest BCUT2D eigenvalue weighted by Gasteiger charge is -2.32. The van der Waals surface area contributed by atoms with Crippen LogP contribution in [0.15, 0.2) is 61.6 Å². The number of anilines is 3. The molecule has 3 aromatic heterocycles. The molecular weight excluding hydrogens is 428 g/mol. The SMILES string of the molecule is C=C1NC(=O)N(c2ccc(C(C)(C)C#N)cc2)c2c1cnc1ccc(-c3cnc(N)nc3)nc21. The van der Waals surface area contributed by atoms with Gasteiger partial charge in [-0.15, -0.1) is 0 Å². The number of nitrogens with one attached hydrogen (secondary N) is 1. The van der Waals surface area contributed by atoms with Gasteiger partial charge in [0.15, 0.2) is 0 Å². The molecule has 4 heterocycles. The number of rotatable bonds is 3. The van der Waals surface area contributed by atoms with E-state index in [1.54, 1.807) is 23.5 Å². The first-order chi connectivity index (χ1) is 16.3. The lowest BCUT2D eigenvalue weighted by Crippen LogP contribution is -2.40. The van der Waals surface area contributed by atoms with Crippen LogP contribution in [0.4, 0.5) is 22.1 Å². The zero-order valence-electron chi connectivity index (χ0n) is 18.6. The van der Waals surface area contributed by atoms with Crippen molar-refractivity contribution in [2.45, 2.75) is 19.3 Å². The van der Waals surface area contributed by atoms with Crippen LogP contribution in [0.2, 0.25) is 0 Å². The minimum atomic E-state index is -0.650. The van der Waals surface area contributed by atoms with E-state index in [9.17, 15) is 10.1 Å². The van der Waals surface area contributed by atoms with Gasteiger partial charge in [-0.2, -0.15) is 5.26 Å². The second kappa shape index (κ2) is 7.64. The number of amides is 2. The van der Waals surface area contributed by atoms with Gasteiger partial charge in [-0.3, -0.25) is 9.88 Å². The zero-order chi connectivity index (χ0) is 24.0. The molecule has 0 radical (unpaired) electrons. The number of nitrogen functional groups attached to an aromatic ring is 1. The predicted molar refractivity (Wildman–Crippen MR) is 130 cm³/mol. The third kappa shape index (κ3) is 3.38. The number of urea groups is 1. The molecule has 1 aliphatic heterocycles. The van der Waals surface area contributed by atoms with Crippen LogP contribution in [-0.2, 0) is 5.41 Å². The number of carbonyl (C=O) groups is 1. The van der Waals surface area contributed by atoms with Gasteiger partial charge in [0, 0.05) is 35.4 Å². The van der Waals surface area contributed by atoms with Crippen molar-refractivity contribution in [3.63, 3.8) is 0 Å². The average Bonchev–Trinajstić information content (AvgIpc) is 2.84. The number of nitrogens with zero attached hydrogens (tertiary/aromatic N) is 6. The molecular formula is C25H20N8O. The number of nitriles is 1. The van der Waals surface area contributed by atoms with Crippen LogP contribution < -0.4 is 16.0 Å². The number of pyridine rings is 2. The highest BCUT2D eigenvalue weighted by molar-refractivity contribution is 6.14. The van der Waals surface area contributed by atoms with E-state index in [0.29, 0.717) is 44.9 Å². The molecule has 34 heavy (non-hydrogen) atoms. The maximum atomic E-state index is 13.2. The molecule has 1 aliphatic rings. The monoisotopic (exact) mass is 448 g/mol. The Morgan fingerprint density at radius 3 is 2.44 bits per heavy atom. The first-order valence-corrected chi connectivity index (χ1v) is 10.5. The second-order valence-corrected chi connectivity index (χ2v) is 8.44. The third-order valence-electron chi connectivity index (χ3n) is 5.79. The largest absolute Gasteiger partial charge is 0.368 e. The molecule has 0 atom stereocenters. The maximum absolute atomic E-state index is 13.2. The van der Waals surface area contributed by atoms with Crippen molar-refractivity contribution in [3.05, 3.63) is 72.7 Å². The Kier molecular flexibility index (Phi) is 4.72. The number of nitrogens with two attached hydrogens (primary N) is 1. The molecule has 1 aromatic carbocycles. The fraction of sp³-hybridized carbons (Fsp3) is 0.120. The molecule has 0 unspecified atom stereocenters. The van der Waals surface area contributed by atoms with Crippen molar-refractivity contribution in [2.75, 3.05) is 10.6 Å². The van der Waals surface area contributed by atoms with Gasteiger partial charge < -0.3 is 11.1 Å². The Balaban J connectivity index is 1.70. The first kappa shape index (κ1) is 21.0. The molecule has 3 N–H and O–H groups in total. The van der Waals surface area contributed by atoms with Crippen molar-refractivity contribution in [1.29, 1.82) is 5.26 Å². The number of fused-ring (bicyclic) bond motifs is 3. The first-order valence-electron chi connectivity index (χ1n) is 10.5. The molecule has 2 amide bonds. The van der Waals surface area contributed by atoms with Crippen LogP contribution in [0.25, 0.3) is 28.0 Å². The Hall–Kier alpha value is -4.84. The average molecular weight is 448 g/mol. The van der Waals surface area contributed by atoms with Gasteiger partial charge in [0.05, 0.1) is 34.1 Å². The van der Waals surface area contributed by atoms with E-state index in [1.165, 1.54) is 0 Å². The minimum absolute atomic E-state index is 0.172. The molecule has 166 valence electrons. The van der Waals surface area contributed by atoms with Crippen molar-refractivity contribution in [2.24, 2.45) is 0 Å². The van der Waals surface area contributed by atoms with Gasteiger partial charge in [0.1, 0.15) is 5.52 Å². The maximum Gasteiger partial charge on any atom is 0.331 e. The van der Waals surface area contributed by atoms with E-state index < -0.39 is 5.41 Å². The molecule has 5 rings (SSSR count). The highest BCUT2D eigenvalue weighted by Crippen LogP contribution is 2.40. The van der Waals surface area contributed by atoms with Crippen molar-refractivity contribution < 1.29 is 4.79 Å². The summed E-state index contributed by atoms with van der Waals surface area (Å²) in [5.41, 5.74) is 10.6. The zero-order valence-corrected chi connectivity index (χ0v) is 18.6. The Bertz CT molecular complexity index is 1500. The van der Waals surface area contributed by atoms with E-state index >= 15 is 0 Å². The minimum Gasteiger partial charge on any atom is -0.368 e. The summed E-state index contributed by atoms with van der Waals surface area (Å²) in [6.07, 6.45) is 4.87. The smallest absolute Gasteiger partial charge is 0.331 e. The molecule has 0 bridgehead atoms. The third-order valence-corrected chi connectivity index (χ3v) is 5.79. The fourth-order valence-corrected chi connectivity index (χ4v) is 3.82. The molecule has 9 nitrogen and oxygen atoms in total. The summed E-state index contributed by atoms with van der Waals surface area (Å²) in [7, 11) is 0. The quantitative estimate of drug-likeness (QED) is 0.477. The summed E-state index contributed by atoms with van der Waals surface area (Å²) in [5, 5.41) is 12.3. The molecule has 0 fully saturated rings. The van der Waals surface area contributed by atoms with Crippen LogP contribution in [0.1, 0.15) is 25.0 Å². The highest BCUT2D eigenvalue weighted by atomic mass is 16.2. The lowest BCUT2D eigenvalue weighted by atomic mass is 9.86. The molecule has 0 spiro atoms. The van der Waals surface area contributed by atoms with Gasteiger partial charge in [-0.25, -0.2) is 19.7 Å². The van der Waals surface area contributed by atoms with Gasteiger partial charge in [-0.05, 0) is 43.7 Å². The van der Waals surface area contributed by atoms with E-state index in [1.807, 2.05) is 50.2 Å². The van der Waals surface area contributed by atoms with Gasteiger partial charge >= 0.3 is 6.03 Å². The number of hydrogen-bond acceptors (Lipinski definition) is 7. The van der Waals surface area contributed by atoms with Crippen LogP contribution in [0.5, 0.6) is 0 Å². The molecule has 4 aromatic rings. The second-order valence-electron chi connectivity index (χ2n) is 8.44. The summed E-state index contributed by atoms with van der Waals surface area (Å²) in [6, 6.07) is 12.9. The van der Waals surface area contributed by atoms with Crippen molar-refractivity contribution >= 4 is 40.1 Å². The van der Waals surface area contributed by atoms with E-state index in [-0.39, 0.29) is 12.0 Å². The Labute approximate surface area is 195 Å². The molecule has 0 saturated carbocycles. The summed E-state index contributed by atoms with van der Waals surface area (Å²) in [4.78, 5) is 32.1. The van der Waals surface area contributed by atoms with Crippen LogP contribution >= 0.6 is 0 Å². The summed E-state index contributed by atoms with van der Waals surface area (Å²) in [6.45, 7) is 7.69. The fourth-order valence-electron chi connectivity index (χ4n) is 3.82. The molecule has 0 aliphatic carbocycles. The van der Waals surface area contributed by atoms with E-state index in [2.05, 4.69) is 32.9 Å². The Morgan fingerprint density at radius 2 is 1.76 bits per heavy atom. The molecule has 9 heteroatoms. The number of carbonyl (C=O) groups excluding carboxylic acids is 1. The summed E-state index contributed by atoms with van der Waals surface area (Å²) >= 11 is 0. The number of benzene rings is 1. The normalized spacial score (nSPS) is 13.4. The summed E-state index contributed by atoms with van der Waals surface area (Å²) in [5.74, 6) is 0.172. The van der Waals surface area contributed by atoms with Gasteiger partial charge in [0.25, 0.3) is 0 Å². The topological polar surface area (TPSA) is 134 Å². The predicted octanol–water partition coefficient (Wildman–Crippen LogP) is 4.30. The van der Waals surface area contributed by atoms with E-state index in [0.717, 1.165) is 5.56 Å². The Morgan fingerprint density at radius 1 is 1.06 bits per heavy atom. The number of hydrogen-bond donors (Lipinski definition) is 2. The highest BCUT2D eigenvalue weighted by Gasteiger charge is 2.31. The van der Waals surface area contributed by atoms with Gasteiger partial charge in [-0.1, -0.05) is 18.7 Å². The molecule has 0 saturated heterocycles. The number of aromatic nitrogens is 4. The van der Waals surface area contributed by atoms with Crippen molar-refractivity contribution in [1.82, 2.24) is 25.3 Å². The summed E-state index contributed by atoms with van der Waals surface area (Å²) < 4.78 is 0. The van der Waals surface area contributed by atoms with Crippen LogP contribution in [0.3, 0.4) is 0 Å². The van der Waals surface area contributed by atoms with Gasteiger partial charge in [0.2, 0.25) is 5.95 Å². The van der Waals surface area contributed by atoms with Crippen LogP contribution in [-0.4, -0.2) is 26.0 Å². The standard InChI is InChI=1S/C25H20N8O/c1-14-18-12-28-20-9-8-19(15-10-29-23(27)30-11-15)32-21(20)22(18)33(24(34)31-14)17-6-4-16(5-7-17)25(2,3)13-26/h4-12H,1H2,2-3H3,(H,31,34)(H2,27,29,30).